The van der Waals surface area contributed by atoms with Gasteiger partial charge in [0.2, 0.25) is 0 Å². The number of amides is 1. The number of aromatic amines is 1. The first-order valence-electron chi connectivity index (χ1n) is 10.8. The van der Waals surface area contributed by atoms with E-state index in [0.29, 0.717) is 55.0 Å². The molecule has 8 nitrogen and oxygen atoms in total. The number of H-pyrrole nitrogens is 1. The molecule has 1 amide bonds. The number of ether oxygens (including phenoxy) is 1. The Balaban J connectivity index is 1.20. The number of aromatic nitrogens is 1. The van der Waals surface area contributed by atoms with Crippen LogP contribution in [0, 0.1) is 0 Å². The Kier molecular flexibility index (Phi) is 7.51. The van der Waals surface area contributed by atoms with Crippen LogP contribution < -0.4 is 5.76 Å². The molecule has 2 aromatic carbocycles. The molecule has 0 unspecified atom stereocenters. The molecule has 0 aliphatic carbocycles. The Hall–Kier alpha value is -3.25. The lowest BCUT2D eigenvalue weighted by atomic mass is 10.1. The minimum atomic E-state index is -4.38. The van der Waals surface area contributed by atoms with Crippen LogP contribution in [-0.4, -0.2) is 64.9 Å². The van der Waals surface area contributed by atoms with E-state index in [0.717, 1.165) is 0 Å². The number of hydrogen-bond acceptors (Lipinski definition) is 7. The molecule has 4 rings (SSSR count). The molecule has 12 heteroatoms. The lowest BCUT2D eigenvalue weighted by Gasteiger charge is -2.33. The largest absolute Gasteiger partial charge is 0.446 e. The molecule has 35 heavy (non-hydrogen) atoms. The van der Waals surface area contributed by atoms with Crippen LogP contribution in [0.15, 0.2) is 56.6 Å². The Bertz CT molecular complexity index is 1270. The van der Waals surface area contributed by atoms with Gasteiger partial charge in [0.1, 0.15) is 6.61 Å². The second-order valence-electron chi connectivity index (χ2n) is 7.98. The summed E-state index contributed by atoms with van der Waals surface area (Å²) in [5.41, 5.74) is -2.59. The average Bonchev–Trinajstić information content (AvgIpc) is 3.19. The summed E-state index contributed by atoms with van der Waals surface area (Å²) in [6.45, 7) is 2.35. The van der Waals surface area contributed by atoms with Gasteiger partial charge in [0.05, 0.1) is 5.52 Å². The Labute approximate surface area is 202 Å². The van der Waals surface area contributed by atoms with Gasteiger partial charge in [0.25, 0.3) is 0 Å². The smallest absolute Gasteiger partial charge is 0.445 e. The van der Waals surface area contributed by atoms with Gasteiger partial charge in [0.15, 0.2) is 11.4 Å². The molecule has 1 N–H and O–H groups in total. The molecular formula is C23H22F3N3O5S. The molecule has 3 aromatic rings. The minimum Gasteiger partial charge on any atom is -0.445 e. The van der Waals surface area contributed by atoms with Gasteiger partial charge in [-0.3, -0.25) is 14.7 Å². The maximum Gasteiger partial charge on any atom is 0.446 e. The third kappa shape index (κ3) is 6.89. The summed E-state index contributed by atoms with van der Waals surface area (Å²) in [6.07, 6.45) is -0.257. The molecule has 2 heterocycles. The van der Waals surface area contributed by atoms with Crippen LogP contribution in [0.4, 0.5) is 18.0 Å². The number of thioether (sulfide) groups is 1. The van der Waals surface area contributed by atoms with E-state index >= 15 is 0 Å². The third-order valence-electron chi connectivity index (χ3n) is 5.52. The van der Waals surface area contributed by atoms with Crippen molar-refractivity contribution in [1.82, 2.24) is 14.8 Å². The number of hydrogen-bond donors (Lipinski definition) is 1. The highest BCUT2D eigenvalue weighted by Crippen LogP contribution is 2.37. The second-order valence-corrected chi connectivity index (χ2v) is 9.12. The number of ketones is 1. The first-order valence-corrected chi connectivity index (χ1v) is 11.6. The van der Waals surface area contributed by atoms with Gasteiger partial charge in [-0.05, 0) is 47.7 Å². The van der Waals surface area contributed by atoms with Crippen molar-refractivity contribution in [3.63, 3.8) is 0 Å². The number of nitrogens with zero attached hydrogens (tertiary/aromatic N) is 2. The standard InChI is InChI=1S/C23H22F3N3O5S/c24-23(25,26)35-17-3-1-2-15(12-17)14-33-22(32)29-10-8-28(9-11-29)7-6-19(30)16-4-5-18-20(13-16)34-21(31)27-18/h1-5,12-13H,6-11,14H2,(H,27,31). The van der Waals surface area contributed by atoms with Crippen molar-refractivity contribution < 1.29 is 31.9 Å². The third-order valence-corrected chi connectivity index (χ3v) is 6.24. The SMILES string of the molecule is O=C(CCN1CCN(C(=O)OCc2cccc(SC(F)(F)F)c2)CC1)c1ccc2[nH]c(=O)oc2c1. The van der Waals surface area contributed by atoms with E-state index in [1.165, 1.54) is 23.1 Å². The van der Waals surface area contributed by atoms with Crippen molar-refractivity contribution in [2.45, 2.75) is 23.4 Å². The van der Waals surface area contributed by atoms with Gasteiger partial charge >= 0.3 is 17.4 Å². The molecule has 1 aliphatic rings. The second kappa shape index (κ2) is 10.6. The fourth-order valence-corrected chi connectivity index (χ4v) is 4.37. The summed E-state index contributed by atoms with van der Waals surface area (Å²) in [6, 6.07) is 10.6. The Morgan fingerprint density at radius 3 is 2.60 bits per heavy atom. The van der Waals surface area contributed by atoms with Crippen LogP contribution in [0.3, 0.4) is 0 Å². The average molecular weight is 510 g/mol. The van der Waals surface area contributed by atoms with E-state index in [1.54, 1.807) is 24.3 Å². The maximum atomic E-state index is 12.5. The zero-order valence-corrected chi connectivity index (χ0v) is 19.3. The molecule has 0 saturated carbocycles. The van der Waals surface area contributed by atoms with Crippen molar-refractivity contribution in [1.29, 1.82) is 0 Å². The summed E-state index contributed by atoms with van der Waals surface area (Å²) in [7, 11) is 0. The molecule has 0 spiro atoms. The van der Waals surface area contributed by atoms with Gasteiger partial charge < -0.3 is 14.1 Å². The Morgan fingerprint density at radius 1 is 1.09 bits per heavy atom. The van der Waals surface area contributed by atoms with Crippen molar-refractivity contribution in [2.75, 3.05) is 32.7 Å². The van der Waals surface area contributed by atoms with Crippen LogP contribution in [0.1, 0.15) is 22.3 Å². The van der Waals surface area contributed by atoms with Crippen molar-refractivity contribution in [2.24, 2.45) is 0 Å². The molecule has 1 aromatic heterocycles. The quantitative estimate of drug-likeness (QED) is 0.376. The van der Waals surface area contributed by atoms with Crippen molar-refractivity contribution in [3.8, 4) is 0 Å². The number of carbonyl (C=O) groups excluding carboxylic acids is 2. The van der Waals surface area contributed by atoms with E-state index in [9.17, 15) is 27.6 Å². The van der Waals surface area contributed by atoms with Gasteiger partial charge in [-0.2, -0.15) is 13.2 Å². The van der Waals surface area contributed by atoms with E-state index in [-0.39, 0.29) is 35.5 Å². The summed E-state index contributed by atoms with van der Waals surface area (Å²) < 4.78 is 47.9. The van der Waals surface area contributed by atoms with E-state index in [2.05, 4.69) is 9.88 Å². The molecule has 186 valence electrons. The monoisotopic (exact) mass is 509 g/mol. The van der Waals surface area contributed by atoms with E-state index < -0.39 is 17.4 Å². The number of carbonyl (C=O) groups is 2. The predicted octanol–water partition coefficient (Wildman–Crippen LogP) is 4.26. The fourth-order valence-electron chi connectivity index (χ4n) is 3.75. The highest BCUT2D eigenvalue weighted by molar-refractivity contribution is 8.00. The lowest BCUT2D eigenvalue weighted by molar-refractivity contribution is -0.0328. The number of alkyl halides is 3. The minimum absolute atomic E-state index is 0.0341. The maximum absolute atomic E-state index is 12.5. The summed E-state index contributed by atoms with van der Waals surface area (Å²) >= 11 is -0.215. The topological polar surface area (TPSA) is 95.9 Å². The molecule has 0 radical (unpaired) electrons. The lowest BCUT2D eigenvalue weighted by Crippen LogP contribution is -2.49. The predicted molar refractivity (Wildman–Crippen MR) is 122 cm³/mol. The number of nitrogens with one attached hydrogen (secondary N) is 1. The summed E-state index contributed by atoms with van der Waals surface area (Å²) in [5.74, 6) is -0.654. The summed E-state index contributed by atoms with van der Waals surface area (Å²) in [5, 5.41) is 0. The number of halogens is 3. The first kappa shape index (κ1) is 24.9. The normalized spacial score (nSPS) is 14.9. The number of fused-ring (bicyclic) bond motifs is 1. The van der Waals surface area contributed by atoms with Crippen LogP contribution in [0.2, 0.25) is 0 Å². The molecule has 0 bridgehead atoms. The van der Waals surface area contributed by atoms with Gasteiger partial charge in [-0.15, -0.1) is 0 Å². The number of oxazole rings is 1. The van der Waals surface area contributed by atoms with Crippen LogP contribution in [0.5, 0.6) is 0 Å². The molecular weight excluding hydrogens is 487 g/mol. The highest BCUT2D eigenvalue weighted by Gasteiger charge is 2.29. The van der Waals surface area contributed by atoms with Crippen LogP contribution in [-0.2, 0) is 11.3 Å². The highest BCUT2D eigenvalue weighted by atomic mass is 32.2. The molecule has 1 fully saturated rings. The summed E-state index contributed by atoms with van der Waals surface area (Å²) in [4.78, 5) is 42.3. The van der Waals surface area contributed by atoms with Gasteiger partial charge in [0, 0.05) is 49.6 Å². The Morgan fingerprint density at radius 2 is 1.86 bits per heavy atom. The van der Waals surface area contributed by atoms with Crippen molar-refractivity contribution in [3.05, 3.63) is 64.1 Å². The molecule has 0 atom stereocenters. The van der Waals surface area contributed by atoms with Gasteiger partial charge in [-0.1, -0.05) is 12.1 Å². The van der Waals surface area contributed by atoms with Crippen LogP contribution >= 0.6 is 11.8 Å². The zero-order valence-electron chi connectivity index (χ0n) is 18.5. The molecule has 1 saturated heterocycles. The van der Waals surface area contributed by atoms with Crippen molar-refractivity contribution >= 4 is 34.7 Å². The fraction of sp³-hybridized carbons (Fsp3) is 0.348. The number of rotatable bonds is 7. The zero-order chi connectivity index (χ0) is 25.0. The molecule has 1 aliphatic heterocycles. The van der Waals surface area contributed by atoms with E-state index in [4.69, 9.17) is 9.15 Å². The number of piperazine rings is 1. The van der Waals surface area contributed by atoms with Gasteiger partial charge in [-0.25, -0.2) is 9.59 Å². The van der Waals surface area contributed by atoms with E-state index in [1.807, 2.05) is 0 Å². The number of Topliss-reactive ketones (excluding diaryl/α,β-unsaturated/α-hetero) is 1. The number of benzene rings is 2. The first-order chi connectivity index (χ1) is 16.7. The van der Waals surface area contributed by atoms with Crippen LogP contribution in [0.25, 0.3) is 11.1 Å².